The third-order valence-corrected chi connectivity index (χ3v) is 5.44. The summed E-state index contributed by atoms with van der Waals surface area (Å²) in [5.41, 5.74) is 0.836. The van der Waals surface area contributed by atoms with Crippen molar-refractivity contribution in [2.45, 2.75) is 31.6 Å². The van der Waals surface area contributed by atoms with Crippen LogP contribution in [0.25, 0.3) is 0 Å². The molecule has 1 saturated carbocycles. The molecule has 9 nitrogen and oxygen atoms in total. The van der Waals surface area contributed by atoms with Crippen molar-refractivity contribution in [3.05, 3.63) is 69.8 Å². The molecule has 2 aromatic rings. The fourth-order valence-corrected chi connectivity index (χ4v) is 4.00. The van der Waals surface area contributed by atoms with Crippen molar-refractivity contribution >= 4 is 29.2 Å². The summed E-state index contributed by atoms with van der Waals surface area (Å²) < 4.78 is 0. The summed E-state index contributed by atoms with van der Waals surface area (Å²) in [4.78, 5) is 46.5. The van der Waals surface area contributed by atoms with Gasteiger partial charge in [-0.1, -0.05) is 37.1 Å². The highest BCUT2D eigenvalue weighted by Gasteiger charge is 2.32. The molecule has 2 amide bonds. The summed E-state index contributed by atoms with van der Waals surface area (Å²) in [5, 5.41) is 25.1. The Morgan fingerprint density at radius 2 is 1.71 bits per heavy atom. The number of hydrogen-bond acceptors (Lipinski definition) is 5. The first kappa shape index (κ1) is 21.9. The molecule has 2 aromatic carbocycles. The molecular weight excluding hydrogens is 402 g/mol. The summed E-state index contributed by atoms with van der Waals surface area (Å²) in [6, 6.07) is 12.4. The molecule has 1 aliphatic rings. The number of para-hydroxylation sites is 1. The summed E-state index contributed by atoms with van der Waals surface area (Å²) in [6.45, 7) is -0.438. The van der Waals surface area contributed by atoms with Gasteiger partial charge < -0.3 is 15.7 Å². The van der Waals surface area contributed by atoms with Crippen LogP contribution in [0, 0.1) is 16.0 Å². The van der Waals surface area contributed by atoms with Crippen LogP contribution in [0.3, 0.4) is 0 Å². The SMILES string of the molecule is O=C(O)CNC(=O)C(c1ccc(NC(=O)c2ccccc2[N+](=O)[O-])cc1)C1CCCC1. The average Bonchev–Trinajstić information content (AvgIpc) is 3.28. The number of carbonyl (C=O) groups is 3. The van der Waals surface area contributed by atoms with Crippen LogP contribution in [-0.2, 0) is 9.59 Å². The highest BCUT2D eigenvalue weighted by Crippen LogP contribution is 2.38. The highest BCUT2D eigenvalue weighted by molar-refractivity contribution is 6.07. The van der Waals surface area contributed by atoms with E-state index in [1.807, 2.05) is 0 Å². The Balaban J connectivity index is 1.77. The van der Waals surface area contributed by atoms with E-state index >= 15 is 0 Å². The smallest absolute Gasteiger partial charge is 0.322 e. The van der Waals surface area contributed by atoms with E-state index in [-0.39, 0.29) is 23.1 Å². The Kier molecular flexibility index (Phi) is 6.96. The minimum Gasteiger partial charge on any atom is -0.480 e. The topological polar surface area (TPSA) is 139 Å². The standard InChI is InChI=1S/C22H23N3O6/c26-19(27)13-23-22(29)20(14-5-1-2-6-14)15-9-11-16(12-10-15)24-21(28)17-7-3-4-8-18(17)25(30)31/h3-4,7-12,14,20H,1-2,5-6,13H2,(H,23,29)(H,24,28)(H,26,27). The molecule has 0 radical (unpaired) electrons. The number of aliphatic carboxylic acids is 1. The van der Waals surface area contributed by atoms with E-state index in [0.29, 0.717) is 5.69 Å². The van der Waals surface area contributed by atoms with Crippen molar-refractivity contribution in [3.8, 4) is 0 Å². The Labute approximate surface area is 178 Å². The molecule has 0 spiro atoms. The normalized spacial score (nSPS) is 14.6. The molecule has 162 valence electrons. The van der Waals surface area contributed by atoms with Gasteiger partial charge in [0.1, 0.15) is 12.1 Å². The number of carboxylic acid groups (broad SMARTS) is 1. The lowest BCUT2D eigenvalue weighted by atomic mass is 9.84. The molecule has 3 N–H and O–H groups in total. The molecular formula is C22H23N3O6. The first-order valence-corrected chi connectivity index (χ1v) is 10.0. The summed E-state index contributed by atoms with van der Waals surface area (Å²) >= 11 is 0. The first-order chi connectivity index (χ1) is 14.9. The Bertz CT molecular complexity index is 983. The minimum atomic E-state index is -1.11. The van der Waals surface area contributed by atoms with Gasteiger partial charge in [-0.25, -0.2) is 0 Å². The van der Waals surface area contributed by atoms with Crippen LogP contribution in [0.4, 0.5) is 11.4 Å². The van der Waals surface area contributed by atoms with Gasteiger partial charge in [-0.05, 0) is 42.5 Å². The fourth-order valence-electron chi connectivity index (χ4n) is 4.00. The lowest BCUT2D eigenvalue weighted by Crippen LogP contribution is -2.36. The molecule has 1 unspecified atom stereocenters. The lowest BCUT2D eigenvalue weighted by molar-refractivity contribution is -0.385. The van der Waals surface area contributed by atoms with Gasteiger partial charge in [-0.3, -0.25) is 24.5 Å². The number of nitrogens with one attached hydrogen (secondary N) is 2. The number of nitro benzene ring substituents is 1. The number of benzene rings is 2. The molecule has 0 aromatic heterocycles. The average molecular weight is 425 g/mol. The molecule has 0 saturated heterocycles. The zero-order chi connectivity index (χ0) is 22.4. The van der Waals surface area contributed by atoms with Crippen molar-refractivity contribution < 1.29 is 24.4 Å². The summed E-state index contributed by atoms with van der Waals surface area (Å²) in [5.74, 6) is -2.38. The van der Waals surface area contributed by atoms with Crippen LogP contribution >= 0.6 is 0 Å². The molecule has 0 aliphatic heterocycles. The van der Waals surface area contributed by atoms with Crippen molar-refractivity contribution in [1.29, 1.82) is 0 Å². The molecule has 3 rings (SSSR count). The molecule has 1 aliphatic carbocycles. The minimum absolute atomic E-state index is 0.0477. The zero-order valence-corrected chi connectivity index (χ0v) is 16.7. The van der Waals surface area contributed by atoms with Crippen LogP contribution in [0.2, 0.25) is 0 Å². The van der Waals surface area contributed by atoms with Gasteiger partial charge in [-0.2, -0.15) is 0 Å². The number of carboxylic acids is 1. The van der Waals surface area contributed by atoms with Crippen molar-refractivity contribution in [3.63, 3.8) is 0 Å². The van der Waals surface area contributed by atoms with E-state index in [1.54, 1.807) is 30.3 Å². The quantitative estimate of drug-likeness (QED) is 0.438. The Morgan fingerprint density at radius 3 is 2.32 bits per heavy atom. The predicted molar refractivity (Wildman–Crippen MR) is 113 cm³/mol. The number of amides is 2. The Morgan fingerprint density at radius 1 is 1.06 bits per heavy atom. The van der Waals surface area contributed by atoms with Crippen molar-refractivity contribution in [2.75, 3.05) is 11.9 Å². The molecule has 31 heavy (non-hydrogen) atoms. The van der Waals surface area contributed by atoms with Crippen molar-refractivity contribution in [1.82, 2.24) is 5.32 Å². The lowest BCUT2D eigenvalue weighted by Gasteiger charge is -2.23. The third kappa shape index (κ3) is 5.44. The van der Waals surface area contributed by atoms with E-state index in [2.05, 4.69) is 10.6 Å². The van der Waals surface area contributed by atoms with Gasteiger partial charge in [0.05, 0.1) is 10.8 Å². The number of anilines is 1. The van der Waals surface area contributed by atoms with Crippen LogP contribution in [0.15, 0.2) is 48.5 Å². The maximum absolute atomic E-state index is 12.7. The second kappa shape index (κ2) is 9.84. The number of nitrogens with zero attached hydrogens (tertiary/aromatic N) is 1. The van der Waals surface area contributed by atoms with Gasteiger partial charge in [-0.15, -0.1) is 0 Å². The van der Waals surface area contributed by atoms with Crippen molar-refractivity contribution in [2.24, 2.45) is 5.92 Å². The van der Waals surface area contributed by atoms with Crippen LogP contribution in [0.1, 0.15) is 47.5 Å². The van der Waals surface area contributed by atoms with Gasteiger partial charge in [0.2, 0.25) is 5.91 Å². The van der Waals surface area contributed by atoms with Crippen LogP contribution < -0.4 is 10.6 Å². The summed E-state index contributed by atoms with van der Waals surface area (Å²) in [7, 11) is 0. The number of hydrogen-bond donors (Lipinski definition) is 3. The van der Waals surface area contributed by atoms with E-state index in [4.69, 9.17) is 5.11 Å². The number of carbonyl (C=O) groups excluding carboxylic acids is 2. The molecule has 0 bridgehead atoms. The van der Waals surface area contributed by atoms with Crippen LogP contribution in [0.5, 0.6) is 0 Å². The molecule has 1 atom stereocenters. The maximum Gasteiger partial charge on any atom is 0.322 e. The summed E-state index contributed by atoms with van der Waals surface area (Å²) in [6.07, 6.45) is 3.83. The van der Waals surface area contributed by atoms with Gasteiger partial charge in [0, 0.05) is 11.8 Å². The molecule has 9 heteroatoms. The van der Waals surface area contributed by atoms with Gasteiger partial charge in [0.15, 0.2) is 0 Å². The monoisotopic (exact) mass is 425 g/mol. The predicted octanol–water partition coefficient (Wildman–Crippen LogP) is 3.32. The van der Waals surface area contributed by atoms with Crippen LogP contribution in [-0.4, -0.2) is 34.4 Å². The second-order valence-corrected chi connectivity index (χ2v) is 7.48. The van der Waals surface area contributed by atoms with Gasteiger partial charge in [0.25, 0.3) is 11.6 Å². The van der Waals surface area contributed by atoms with Gasteiger partial charge >= 0.3 is 5.97 Å². The Hall–Kier alpha value is -3.75. The zero-order valence-electron chi connectivity index (χ0n) is 16.7. The van der Waals surface area contributed by atoms with E-state index in [9.17, 15) is 24.5 Å². The van der Waals surface area contributed by atoms with E-state index < -0.39 is 29.3 Å². The first-order valence-electron chi connectivity index (χ1n) is 10.0. The van der Waals surface area contributed by atoms with E-state index in [1.165, 1.54) is 18.2 Å². The highest BCUT2D eigenvalue weighted by atomic mass is 16.6. The fraction of sp³-hybridized carbons (Fsp3) is 0.318. The maximum atomic E-state index is 12.7. The second-order valence-electron chi connectivity index (χ2n) is 7.48. The molecule has 1 fully saturated rings. The number of rotatable bonds is 8. The third-order valence-electron chi connectivity index (χ3n) is 5.44. The largest absolute Gasteiger partial charge is 0.480 e. The number of nitro groups is 1. The molecule has 0 heterocycles. The van der Waals surface area contributed by atoms with E-state index in [0.717, 1.165) is 31.2 Å².